The number of amides is 2. The maximum absolute atomic E-state index is 12.6. The van der Waals surface area contributed by atoms with E-state index in [4.69, 9.17) is 4.74 Å². The van der Waals surface area contributed by atoms with Gasteiger partial charge in [-0.05, 0) is 39.1 Å². The van der Waals surface area contributed by atoms with E-state index in [0.717, 1.165) is 5.56 Å². The molecule has 0 aliphatic heterocycles. The smallest absolute Gasteiger partial charge is 0.271 e. The molecule has 2 N–H and O–H groups in total. The van der Waals surface area contributed by atoms with Crippen LogP contribution < -0.4 is 15.4 Å². The topological polar surface area (TPSA) is 114 Å². The monoisotopic (exact) mass is 400 g/mol. The van der Waals surface area contributed by atoms with E-state index in [1.54, 1.807) is 31.0 Å². The van der Waals surface area contributed by atoms with E-state index < -0.39 is 16.9 Å². The van der Waals surface area contributed by atoms with E-state index in [2.05, 4.69) is 10.6 Å². The van der Waals surface area contributed by atoms with Crippen molar-refractivity contribution in [1.29, 1.82) is 0 Å². The highest BCUT2D eigenvalue weighted by atomic mass is 16.6. The van der Waals surface area contributed by atoms with Crippen LogP contribution in [0.5, 0.6) is 5.75 Å². The molecule has 0 saturated carbocycles. The van der Waals surface area contributed by atoms with Crippen molar-refractivity contribution in [2.75, 3.05) is 31.3 Å². The predicted molar refractivity (Wildman–Crippen MR) is 110 cm³/mol. The zero-order valence-corrected chi connectivity index (χ0v) is 16.8. The Labute approximate surface area is 168 Å². The highest BCUT2D eigenvalue weighted by molar-refractivity contribution is 5.97. The molecule has 29 heavy (non-hydrogen) atoms. The molecule has 0 bridgehead atoms. The molecule has 2 amide bonds. The Bertz CT molecular complexity index is 898. The van der Waals surface area contributed by atoms with Crippen molar-refractivity contribution >= 4 is 28.9 Å². The minimum absolute atomic E-state index is 0.00542. The number of likely N-dealkylation sites (N-methyl/N-ethyl adjacent to an activating group) is 1. The summed E-state index contributed by atoms with van der Waals surface area (Å²) in [5.41, 5.74) is 1.78. The quantitative estimate of drug-likeness (QED) is 0.520. The lowest BCUT2D eigenvalue weighted by molar-refractivity contribution is -0.384. The number of methoxy groups -OCH3 is 1. The number of nitrogens with zero attached hydrogens (tertiary/aromatic N) is 2. The number of nitrogens with one attached hydrogen (secondary N) is 2. The summed E-state index contributed by atoms with van der Waals surface area (Å²) in [5.74, 6) is -0.380. The zero-order chi connectivity index (χ0) is 21.6. The summed E-state index contributed by atoms with van der Waals surface area (Å²) in [7, 11) is 3.05. The Balaban J connectivity index is 2.00. The normalized spacial score (nSPS) is 11.6. The molecule has 0 aromatic heterocycles. The molecule has 0 spiro atoms. The molecule has 0 fully saturated rings. The number of anilines is 2. The molecule has 2 aromatic carbocycles. The molecule has 0 heterocycles. The van der Waals surface area contributed by atoms with Crippen molar-refractivity contribution in [1.82, 2.24) is 4.90 Å². The number of hydrogen-bond acceptors (Lipinski definition) is 6. The van der Waals surface area contributed by atoms with E-state index >= 15 is 0 Å². The molecule has 154 valence electrons. The summed E-state index contributed by atoms with van der Waals surface area (Å²) in [6, 6.07) is 10.7. The van der Waals surface area contributed by atoms with Gasteiger partial charge in [-0.1, -0.05) is 17.7 Å². The van der Waals surface area contributed by atoms with Crippen molar-refractivity contribution in [3.8, 4) is 5.75 Å². The van der Waals surface area contributed by atoms with Crippen LogP contribution in [0, 0.1) is 17.0 Å². The number of rotatable bonds is 8. The molecule has 1 atom stereocenters. The minimum Gasteiger partial charge on any atom is -0.495 e. The molecule has 2 rings (SSSR count). The number of hydrogen-bond donors (Lipinski definition) is 2. The first-order chi connectivity index (χ1) is 13.7. The van der Waals surface area contributed by atoms with Gasteiger partial charge >= 0.3 is 0 Å². The van der Waals surface area contributed by atoms with Crippen LogP contribution in [0.15, 0.2) is 42.5 Å². The highest BCUT2D eigenvalue weighted by Crippen LogP contribution is 2.29. The number of carbonyl (C=O) groups excluding carboxylic acids is 2. The highest BCUT2D eigenvalue weighted by Gasteiger charge is 2.22. The number of benzene rings is 2. The molecular formula is C20H24N4O5. The molecule has 0 aliphatic rings. The van der Waals surface area contributed by atoms with E-state index in [9.17, 15) is 19.7 Å². The zero-order valence-electron chi connectivity index (χ0n) is 16.8. The number of non-ortho nitro benzene ring substituents is 1. The second-order valence-corrected chi connectivity index (χ2v) is 6.64. The van der Waals surface area contributed by atoms with Gasteiger partial charge in [0.25, 0.3) is 5.69 Å². The number of aryl methyl sites for hydroxylation is 1. The van der Waals surface area contributed by atoms with Crippen LogP contribution in [0.4, 0.5) is 17.1 Å². The fraction of sp³-hybridized carbons (Fsp3) is 0.300. The minimum atomic E-state index is -0.664. The number of carbonyl (C=O) groups is 2. The van der Waals surface area contributed by atoms with Gasteiger partial charge in [0.2, 0.25) is 11.8 Å². The Morgan fingerprint density at radius 1 is 1.17 bits per heavy atom. The fourth-order valence-electron chi connectivity index (χ4n) is 2.55. The van der Waals surface area contributed by atoms with E-state index in [-0.39, 0.29) is 23.8 Å². The van der Waals surface area contributed by atoms with E-state index in [1.807, 2.05) is 19.1 Å². The maximum atomic E-state index is 12.6. The molecule has 0 saturated heterocycles. The second-order valence-electron chi connectivity index (χ2n) is 6.64. The van der Waals surface area contributed by atoms with Crippen LogP contribution in [0.1, 0.15) is 12.5 Å². The van der Waals surface area contributed by atoms with Crippen molar-refractivity contribution in [3.05, 3.63) is 58.1 Å². The van der Waals surface area contributed by atoms with Crippen LogP contribution in [0.25, 0.3) is 0 Å². The van der Waals surface area contributed by atoms with Gasteiger partial charge < -0.3 is 15.4 Å². The Hall–Kier alpha value is -3.46. The lowest BCUT2D eigenvalue weighted by Crippen LogP contribution is -2.43. The van der Waals surface area contributed by atoms with E-state index in [0.29, 0.717) is 11.4 Å². The first-order valence-electron chi connectivity index (χ1n) is 8.91. The summed E-state index contributed by atoms with van der Waals surface area (Å²) in [4.78, 5) is 36.8. The second kappa shape index (κ2) is 9.65. The molecule has 9 nitrogen and oxygen atoms in total. The SMILES string of the molecule is COc1ccc([N+](=O)[O-])cc1NC(=O)C(C)N(C)CC(=O)Nc1ccc(C)cc1. The Kier molecular flexibility index (Phi) is 7.27. The summed E-state index contributed by atoms with van der Waals surface area (Å²) in [6.07, 6.45) is 0. The average molecular weight is 400 g/mol. The molecular weight excluding hydrogens is 376 g/mol. The van der Waals surface area contributed by atoms with Gasteiger partial charge in [0, 0.05) is 17.8 Å². The summed E-state index contributed by atoms with van der Waals surface area (Å²) >= 11 is 0. The van der Waals surface area contributed by atoms with Gasteiger partial charge in [0.15, 0.2) is 0 Å². The molecule has 0 aliphatic carbocycles. The van der Waals surface area contributed by atoms with Crippen LogP contribution in [0.2, 0.25) is 0 Å². The third-order valence-electron chi connectivity index (χ3n) is 4.42. The van der Waals surface area contributed by atoms with Gasteiger partial charge in [0.05, 0.1) is 30.3 Å². The third-order valence-corrected chi connectivity index (χ3v) is 4.42. The largest absolute Gasteiger partial charge is 0.495 e. The third kappa shape index (κ3) is 6.01. The Morgan fingerprint density at radius 2 is 1.83 bits per heavy atom. The summed E-state index contributed by atoms with van der Waals surface area (Å²) in [5, 5.41) is 16.4. The van der Waals surface area contributed by atoms with Crippen LogP contribution in [-0.2, 0) is 9.59 Å². The number of nitro groups is 1. The molecule has 9 heteroatoms. The first kappa shape index (κ1) is 21.8. The Morgan fingerprint density at radius 3 is 2.41 bits per heavy atom. The maximum Gasteiger partial charge on any atom is 0.271 e. The summed E-state index contributed by atoms with van der Waals surface area (Å²) < 4.78 is 5.15. The number of nitro benzene ring substituents is 1. The first-order valence-corrected chi connectivity index (χ1v) is 8.91. The van der Waals surface area contributed by atoms with Gasteiger partial charge in [-0.3, -0.25) is 24.6 Å². The van der Waals surface area contributed by atoms with Crippen LogP contribution >= 0.6 is 0 Å². The fourth-order valence-corrected chi connectivity index (χ4v) is 2.55. The van der Waals surface area contributed by atoms with E-state index in [1.165, 1.54) is 25.3 Å². The van der Waals surface area contributed by atoms with Gasteiger partial charge in [-0.2, -0.15) is 0 Å². The summed E-state index contributed by atoms with van der Waals surface area (Å²) in [6.45, 7) is 3.59. The van der Waals surface area contributed by atoms with Gasteiger partial charge in [-0.15, -0.1) is 0 Å². The lowest BCUT2D eigenvalue weighted by atomic mass is 10.2. The molecule has 0 radical (unpaired) electrons. The van der Waals surface area contributed by atoms with Crippen molar-refractivity contribution < 1.29 is 19.2 Å². The predicted octanol–water partition coefficient (Wildman–Crippen LogP) is 2.81. The molecule has 1 unspecified atom stereocenters. The molecule has 2 aromatic rings. The van der Waals surface area contributed by atoms with Crippen molar-refractivity contribution in [3.63, 3.8) is 0 Å². The van der Waals surface area contributed by atoms with Gasteiger partial charge in [0.1, 0.15) is 5.75 Å². The average Bonchev–Trinajstić information content (AvgIpc) is 2.68. The van der Waals surface area contributed by atoms with Crippen LogP contribution in [-0.4, -0.2) is 48.4 Å². The standard InChI is InChI=1S/C20H24N4O5/c1-13-5-7-15(8-6-13)21-19(25)12-23(3)14(2)20(26)22-17-11-16(24(27)28)9-10-18(17)29-4/h5-11,14H,12H2,1-4H3,(H,21,25)(H,22,26). The lowest BCUT2D eigenvalue weighted by Gasteiger charge is -2.23. The van der Waals surface area contributed by atoms with Crippen LogP contribution in [0.3, 0.4) is 0 Å². The van der Waals surface area contributed by atoms with Crippen molar-refractivity contribution in [2.45, 2.75) is 19.9 Å². The van der Waals surface area contributed by atoms with Crippen molar-refractivity contribution in [2.24, 2.45) is 0 Å². The van der Waals surface area contributed by atoms with Gasteiger partial charge in [-0.25, -0.2) is 0 Å². The number of ether oxygens (including phenoxy) is 1.